The Balaban J connectivity index is 1.25. The lowest BCUT2D eigenvalue weighted by atomic mass is 9.84. The standard InChI is InChI=1S/C27H35FN6O2/c1-27(2)14-21(13-22-4-3-9-34(22)27)31-25-23(28)16-30-26(33-25)32-20-5-6-24(19(12-20)15-29)36-17-18-7-10-35-11-8-18/h5-6,12,16,18,21-22H,3-4,7-11,13-14,17H2,1-2H3,(H2,30,31,32,33)/t21-,22+/m1/s1. The number of rotatable bonds is 7. The summed E-state index contributed by atoms with van der Waals surface area (Å²) in [5, 5.41) is 16.1. The number of anilines is 3. The number of benzene rings is 1. The number of nitriles is 1. The fourth-order valence-electron chi connectivity index (χ4n) is 5.91. The molecule has 0 spiro atoms. The quantitative estimate of drug-likeness (QED) is 0.564. The van der Waals surface area contributed by atoms with Crippen LogP contribution in [-0.4, -0.2) is 58.9 Å². The van der Waals surface area contributed by atoms with Gasteiger partial charge in [0.05, 0.1) is 18.4 Å². The van der Waals surface area contributed by atoms with Crippen LogP contribution in [0.1, 0.15) is 57.9 Å². The first-order valence-corrected chi connectivity index (χ1v) is 13.0. The Morgan fingerprint density at radius 3 is 2.92 bits per heavy atom. The van der Waals surface area contributed by atoms with Crippen LogP contribution in [0.2, 0.25) is 0 Å². The Morgan fingerprint density at radius 1 is 1.28 bits per heavy atom. The van der Waals surface area contributed by atoms with Gasteiger partial charge in [-0.1, -0.05) is 0 Å². The molecule has 0 radical (unpaired) electrons. The Hall–Kier alpha value is -2.96. The lowest BCUT2D eigenvalue weighted by molar-refractivity contribution is 0.0497. The summed E-state index contributed by atoms with van der Waals surface area (Å²) in [5.74, 6) is 1.00. The van der Waals surface area contributed by atoms with Crippen molar-refractivity contribution in [1.29, 1.82) is 5.26 Å². The van der Waals surface area contributed by atoms with Crippen molar-refractivity contribution in [3.05, 3.63) is 35.8 Å². The summed E-state index contributed by atoms with van der Waals surface area (Å²) in [5.41, 5.74) is 1.14. The monoisotopic (exact) mass is 494 g/mol. The van der Waals surface area contributed by atoms with E-state index in [0.717, 1.165) is 45.4 Å². The number of hydrogen-bond acceptors (Lipinski definition) is 8. The molecule has 1 aromatic carbocycles. The summed E-state index contributed by atoms with van der Waals surface area (Å²) in [6, 6.07) is 8.18. The zero-order chi connectivity index (χ0) is 25.1. The molecule has 0 unspecified atom stereocenters. The summed E-state index contributed by atoms with van der Waals surface area (Å²) in [6.07, 6.45) is 7.45. The number of hydrogen-bond donors (Lipinski definition) is 2. The molecule has 0 aliphatic carbocycles. The largest absolute Gasteiger partial charge is 0.492 e. The summed E-state index contributed by atoms with van der Waals surface area (Å²) in [6.45, 7) is 7.77. The minimum Gasteiger partial charge on any atom is -0.492 e. The van der Waals surface area contributed by atoms with Crippen LogP contribution in [0, 0.1) is 23.1 Å². The summed E-state index contributed by atoms with van der Waals surface area (Å²) < 4.78 is 26.0. The van der Waals surface area contributed by atoms with E-state index in [9.17, 15) is 9.65 Å². The minimum atomic E-state index is -0.471. The third-order valence-corrected chi connectivity index (χ3v) is 7.71. The van der Waals surface area contributed by atoms with Crippen LogP contribution in [0.4, 0.5) is 21.8 Å². The fraction of sp³-hybridized carbons (Fsp3) is 0.593. The fourth-order valence-corrected chi connectivity index (χ4v) is 5.91. The molecule has 4 heterocycles. The second-order valence-electron chi connectivity index (χ2n) is 10.8. The van der Waals surface area contributed by atoms with E-state index < -0.39 is 5.82 Å². The van der Waals surface area contributed by atoms with Crippen LogP contribution in [0.5, 0.6) is 5.75 Å². The van der Waals surface area contributed by atoms with Crippen molar-refractivity contribution in [2.45, 2.75) is 70.0 Å². The Morgan fingerprint density at radius 2 is 2.11 bits per heavy atom. The van der Waals surface area contributed by atoms with Crippen LogP contribution in [0.3, 0.4) is 0 Å². The van der Waals surface area contributed by atoms with Crippen LogP contribution >= 0.6 is 0 Å². The molecule has 0 amide bonds. The number of nitrogens with one attached hydrogen (secondary N) is 2. The highest BCUT2D eigenvalue weighted by atomic mass is 19.1. The molecule has 0 saturated carbocycles. The molecule has 36 heavy (non-hydrogen) atoms. The van der Waals surface area contributed by atoms with Crippen molar-refractivity contribution in [2.24, 2.45) is 5.92 Å². The number of aromatic nitrogens is 2. The smallest absolute Gasteiger partial charge is 0.229 e. The minimum absolute atomic E-state index is 0.0734. The number of halogens is 1. The van der Waals surface area contributed by atoms with E-state index in [1.807, 2.05) is 6.07 Å². The Kier molecular flexibility index (Phi) is 7.26. The number of fused-ring (bicyclic) bond motifs is 1. The van der Waals surface area contributed by atoms with E-state index >= 15 is 0 Å². The van der Waals surface area contributed by atoms with Crippen molar-refractivity contribution in [3.63, 3.8) is 0 Å². The number of ether oxygens (including phenoxy) is 2. The van der Waals surface area contributed by atoms with Crippen LogP contribution < -0.4 is 15.4 Å². The highest BCUT2D eigenvalue weighted by molar-refractivity contribution is 5.61. The topological polar surface area (TPSA) is 95.3 Å². The maximum atomic E-state index is 14.6. The molecule has 1 aromatic heterocycles. The average Bonchev–Trinajstić information content (AvgIpc) is 3.35. The molecule has 9 heteroatoms. The summed E-state index contributed by atoms with van der Waals surface area (Å²) in [4.78, 5) is 11.1. The molecule has 3 fully saturated rings. The first-order chi connectivity index (χ1) is 17.4. The SMILES string of the molecule is CC1(C)C[C@H](Nc2nc(Nc3ccc(OCC4CCOCC4)c(C#N)c3)ncc2F)C[C@@H]2CCCN21. The van der Waals surface area contributed by atoms with Crippen molar-refractivity contribution >= 4 is 17.5 Å². The van der Waals surface area contributed by atoms with Crippen LogP contribution in [-0.2, 0) is 4.74 Å². The van der Waals surface area contributed by atoms with Gasteiger partial charge in [-0.15, -0.1) is 0 Å². The maximum Gasteiger partial charge on any atom is 0.229 e. The molecule has 3 aliphatic heterocycles. The lowest BCUT2D eigenvalue weighted by Crippen LogP contribution is -2.55. The number of piperidine rings is 1. The average molecular weight is 495 g/mol. The molecule has 5 rings (SSSR count). The van der Waals surface area contributed by atoms with Crippen molar-refractivity contribution in [3.8, 4) is 11.8 Å². The molecule has 8 nitrogen and oxygen atoms in total. The van der Waals surface area contributed by atoms with E-state index in [1.165, 1.54) is 19.0 Å². The van der Waals surface area contributed by atoms with Gasteiger partial charge in [-0.3, -0.25) is 4.90 Å². The van der Waals surface area contributed by atoms with E-state index in [2.05, 4.69) is 45.4 Å². The van der Waals surface area contributed by atoms with Gasteiger partial charge in [0.2, 0.25) is 5.95 Å². The summed E-state index contributed by atoms with van der Waals surface area (Å²) >= 11 is 0. The first kappa shape index (κ1) is 24.7. The predicted molar refractivity (Wildman–Crippen MR) is 136 cm³/mol. The first-order valence-electron chi connectivity index (χ1n) is 13.0. The van der Waals surface area contributed by atoms with Gasteiger partial charge in [0.1, 0.15) is 11.8 Å². The summed E-state index contributed by atoms with van der Waals surface area (Å²) in [7, 11) is 0. The van der Waals surface area contributed by atoms with Gasteiger partial charge in [0.25, 0.3) is 0 Å². The van der Waals surface area contributed by atoms with Gasteiger partial charge < -0.3 is 20.1 Å². The van der Waals surface area contributed by atoms with Gasteiger partial charge in [-0.2, -0.15) is 10.2 Å². The zero-order valence-corrected chi connectivity index (χ0v) is 21.1. The molecule has 192 valence electrons. The maximum absolute atomic E-state index is 14.6. The van der Waals surface area contributed by atoms with Crippen LogP contribution in [0.15, 0.2) is 24.4 Å². The second kappa shape index (κ2) is 10.6. The molecule has 3 aliphatic rings. The molecule has 2 atom stereocenters. The van der Waals surface area contributed by atoms with Gasteiger partial charge in [0, 0.05) is 36.5 Å². The normalized spacial score (nSPS) is 24.1. The predicted octanol–water partition coefficient (Wildman–Crippen LogP) is 4.85. The molecular weight excluding hydrogens is 459 g/mol. The highest BCUT2D eigenvalue weighted by Crippen LogP contribution is 2.38. The third kappa shape index (κ3) is 5.55. The van der Waals surface area contributed by atoms with Gasteiger partial charge >= 0.3 is 0 Å². The zero-order valence-electron chi connectivity index (χ0n) is 21.1. The third-order valence-electron chi connectivity index (χ3n) is 7.71. The van der Waals surface area contributed by atoms with E-state index in [-0.39, 0.29) is 23.3 Å². The Labute approximate surface area is 212 Å². The van der Waals surface area contributed by atoms with E-state index in [4.69, 9.17) is 9.47 Å². The lowest BCUT2D eigenvalue weighted by Gasteiger charge is -2.47. The highest BCUT2D eigenvalue weighted by Gasteiger charge is 2.43. The van der Waals surface area contributed by atoms with Gasteiger partial charge in [-0.25, -0.2) is 9.37 Å². The van der Waals surface area contributed by atoms with Crippen LogP contribution in [0.25, 0.3) is 0 Å². The molecule has 2 N–H and O–H groups in total. The Bertz CT molecular complexity index is 1110. The van der Waals surface area contributed by atoms with Gasteiger partial charge in [-0.05, 0) is 83.0 Å². The second-order valence-corrected chi connectivity index (χ2v) is 10.8. The van der Waals surface area contributed by atoms with Crippen molar-refractivity contribution in [1.82, 2.24) is 14.9 Å². The van der Waals surface area contributed by atoms with Crippen molar-refractivity contribution < 1.29 is 13.9 Å². The molecule has 0 bridgehead atoms. The number of nitrogens with zero attached hydrogens (tertiary/aromatic N) is 4. The van der Waals surface area contributed by atoms with Crippen molar-refractivity contribution in [2.75, 3.05) is 37.0 Å². The van der Waals surface area contributed by atoms with E-state index in [1.54, 1.807) is 12.1 Å². The molecule has 3 saturated heterocycles. The van der Waals surface area contributed by atoms with E-state index in [0.29, 0.717) is 35.6 Å². The molecular formula is C27H35FN6O2. The molecule has 2 aromatic rings. The van der Waals surface area contributed by atoms with Gasteiger partial charge in [0.15, 0.2) is 11.6 Å².